The number of ether oxygens (including phenoxy) is 2. The molecule has 25 heavy (non-hydrogen) atoms. The van der Waals surface area contributed by atoms with E-state index in [9.17, 15) is 9.59 Å². The summed E-state index contributed by atoms with van der Waals surface area (Å²) >= 11 is 5.90. The lowest BCUT2D eigenvalue weighted by molar-refractivity contribution is 0.0496. The van der Waals surface area contributed by atoms with Crippen LogP contribution in [0, 0.1) is 0 Å². The van der Waals surface area contributed by atoms with Gasteiger partial charge in [0.1, 0.15) is 11.4 Å². The molecule has 2 heterocycles. The largest absolute Gasteiger partial charge is 0.464 e. The minimum Gasteiger partial charge on any atom is -0.464 e. The fourth-order valence-electron chi connectivity index (χ4n) is 2.50. The van der Waals surface area contributed by atoms with Gasteiger partial charge >= 0.3 is 12.1 Å². The Morgan fingerprint density at radius 2 is 1.92 bits per heavy atom. The van der Waals surface area contributed by atoms with Crippen molar-refractivity contribution >= 4 is 29.5 Å². The first-order chi connectivity index (χ1) is 11.7. The number of nitrogens with one attached hydrogen (secondary N) is 1. The molecule has 1 aromatic heterocycles. The molecule has 1 aliphatic rings. The standard InChI is InChI=1S/C16H23ClN4O4/c1-16(2,3)25-15(23)18-10-5-7-21(8-6-10)12-9-11(13(22)24-4)19-14(17)20-12/h9-10H,5-8H2,1-4H3,(H,18,23). The van der Waals surface area contributed by atoms with Crippen LogP contribution in [0.3, 0.4) is 0 Å². The number of carbonyl (C=O) groups excluding carboxylic acids is 2. The van der Waals surface area contributed by atoms with E-state index in [2.05, 4.69) is 20.0 Å². The minimum atomic E-state index is -0.563. The van der Waals surface area contributed by atoms with Gasteiger partial charge in [0.05, 0.1) is 7.11 Å². The van der Waals surface area contributed by atoms with Gasteiger partial charge in [0.15, 0.2) is 5.69 Å². The zero-order valence-corrected chi connectivity index (χ0v) is 15.6. The van der Waals surface area contributed by atoms with Crippen LogP contribution in [-0.2, 0) is 9.47 Å². The maximum absolute atomic E-state index is 11.8. The van der Waals surface area contributed by atoms with E-state index in [0.29, 0.717) is 18.9 Å². The summed E-state index contributed by atoms with van der Waals surface area (Å²) in [5.41, 5.74) is -0.404. The molecule has 1 N–H and O–H groups in total. The molecule has 2 rings (SSSR count). The summed E-state index contributed by atoms with van der Waals surface area (Å²) in [5, 5.41) is 2.87. The van der Waals surface area contributed by atoms with Crippen LogP contribution >= 0.6 is 11.6 Å². The highest BCUT2D eigenvalue weighted by atomic mass is 35.5. The van der Waals surface area contributed by atoms with Gasteiger partial charge in [-0.05, 0) is 45.2 Å². The van der Waals surface area contributed by atoms with Gasteiger partial charge < -0.3 is 19.7 Å². The minimum absolute atomic E-state index is 0.00750. The number of nitrogens with zero attached hydrogens (tertiary/aromatic N) is 3. The van der Waals surface area contributed by atoms with E-state index in [1.54, 1.807) is 6.07 Å². The fourth-order valence-corrected chi connectivity index (χ4v) is 2.68. The monoisotopic (exact) mass is 370 g/mol. The highest BCUT2D eigenvalue weighted by Gasteiger charge is 2.25. The zero-order valence-electron chi connectivity index (χ0n) is 14.8. The fraction of sp³-hybridized carbons (Fsp3) is 0.625. The Hall–Kier alpha value is -2.09. The molecule has 8 nitrogen and oxygen atoms in total. The van der Waals surface area contributed by atoms with E-state index in [1.807, 2.05) is 25.7 Å². The van der Waals surface area contributed by atoms with Gasteiger partial charge in [-0.2, -0.15) is 0 Å². The third-order valence-corrected chi connectivity index (χ3v) is 3.79. The van der Waals surface area contributed by atoms with Crippen molar-refractivity contribution in [1.82, 2.24) is 15.3 Å². The Morgan fingerprint density at radius 1 is 1.28 bits per heavy atom. The molecule has 0 aromatic carbocycles. The molecule has 0 bridgehead atoms. The SMILES string of the molecule is COC(=O)c1cc(N2CCC(NC(=O)OC(C)(C)C)CC2)nc(Cl)n1. The molecule has 1 aromatic rings. The second kappa shape index (κ2) is 7.86. The van der Waals surface area contributed by atoms with E-state index in [0.717, 1.165) is 12.8 Å². The smallest absolute Gasteiger partial charge is 0.407 e. The average molecular weight is 371 g/mol. The van der Waals surface area contributed by atoms with Crippen molar-refractivity contribution in [3.63, 3.8) is 0 Å². The molecule has 0 atom stereocenters. The molecule has 1 amide bonds. The Kier molecular flexibility index (Phi) is 6.05. The molecule has 0 spiro atoms. The van der Waals surface area contributed by atoms with Gasteiger partial charge in [-0.3, -0.25) is 0 Å². The molecule has 0 aliphatic carbocycles. The molecule has 1 fully saturated rings. The molecule has 1 aliphatic heterocycles. The van der Waals surface area contributed by atoms with Crippen LogP contribution in [0.15, 0.2) is 6.07 Å². The van der Waals surface area contributed by atoms with Crippen molar-refractivity contribution in [3.05, 3.63) is 17.0 Å². The predicted octanol–water partition coefficient (Wildman–Crippen LogP) is 2.41. The van der Waals surface area contributed by atoms with E-state index < -0.39 is 17.7 Å². The van der Waals surface area contributed by atoms with Crippen LogP contribution in [0.5, 0.6) is 0 Å². The second-order valence-electron chi connectivity index (χ2n) is 6.78. The number of carbonyl (C=O) groups is 2. The summed E-state index contributed by atoms with van der Waals surface area (Å²) in [6.07, 6.45) is 1.05. The number of rotatable bonds is 3. The van der Waals surface area contributed by atoms with Crippen molar-refractivity contribution in [2.24, 2.45) is 0 Å². The van der Waals surface area contributed by atoms with Crippen LogP contribution < -0.4 is 10.2 Å². The van der Waals surface area contributed by atoms with Crippen molar-refractivity contribution in [3.8, 4) is 0 Å². The van der Waals surface area contributed by atoms with Gasteiger partial charge in [0.2, 0.25) is 5.28 Å². The maximum atomic E-state index is 11.8. The van der Waals surface area contributed by atoms with Gasteiger partial charge in [0, 0.05) is 25.2 Å². The number of hydrogen-bond acceptors (Lipinski definition) is 7. The van der Waals surface area contributed by atoms with Gasteiger partial charge in [-0.15, -0.1) is 0 Å². The third-order valence-electron chi connectivity index (χ3n) is 3.62. The Bertz CT molecular complexity index is 640. The van der Waals surface area contributed by atoms with Crippen molar-refractivity contribution < 1.29 is 19.1 Å². The first-order valence-electron chi connectivity index (χ1n) is 8.05. The summed E-state index contributed by atoms with van der Waals surface area (Å²) in [7, 11) is 1.28. The first kappa shape index (κ1) is 19.2. The average Bonchev–Trinajstić information content (AvgIpc) is 2.52. The topological polar surface area (TPSA) is 93.7 Å². The van der Waals surface area contributed by atoms with Crippen LogP contribution in [0.25, 0.3) is 0 Å². The van der Waals surface area contributed by atoms with E-state index >= 15 is 0 Å². The van der Waals surface area contributed by atoms with E-state index in [4.69, 9.17) is 16.3 Å². The Balaban J connectivity index is 1.95. The number of methoxy groups -OCH3 is 1. The number of piperidine rings is 1. The highest BCUT2D eigenvalue weighted by Crippen LogP contribution is 2.21. The molecule has 9 heteroatoms. The third kappa shape index (κ3) is 5.74. The van der Waals surface area contributed by atoms with Crippen LogP contribution in [0.2, 0.25) is 5.28 Å². The lowest BCUT2D eigenvalue weighted by Crippen LogP contribution is -2.46. The van der Waals surface area contributed by atoms with Crippen molar-refractivity contribution in [2.75, 3.05) is 25.1 Å². The van der Waals surface area contributed by atoms with Crippen LogP contribution in [0.1, 0.15) is 44.1 Å². The normalized spacial score (nSPS) is 15.6. The molecule has 0 saturated carbocycles. The second-order valence-corrected chi connectivity index (χ2v) is 7.12. The number of amides is 1. The quantitative estimate of drug-likeness (QED) is 0.645. The van der Waals surface area contributed by atoms with Crippen molar-refractivity contribution in [1.29, 1.82) is 0 Å². The lowest BCUT2D eigenvalue weighted by Gasteiger charge is -2.33. The molecule has 0 unspecified atom stereocenters. The van der Waals surface area contributed by atoms with Gasteiger partial charge in [-0.25, -0.2) is 19.6 Å². The Morgan fingerprint density at radius 3 is 2.48 bits per heavy atom. The van der Waals surface area contributed by atoms with Gasteiger partial charge in [0.25, 0.3) is 0 Å². The summed E-state index contributed by atoms with van der Waals surface area (Å²) in [6.45, 7) is 6.80. The first-order valence-corrected chi connectivity index (χ1v) is 8.43. The zero-order chi connectivity index (χ0) is 18.6. The van der Waals surface area contributed by atoms with E-state index in [-0.39, 0.29) is 17.0 Å². The summed E-state index contributed by atoms with van der Waals surface area (Å²) in [5.74, 6) is 0.00291. The van der Waals surface area contributed by atoms with E-state index in [1.165, 1.54) is 7.11 Å². The predicted molar refractivity (Wildman–Crippen MR) is 93.0 cm³/mol. The number of esters is 1. The highest BCUT2D eigenvalue weighted by molar-refractivity contribution is 6.28. The van der Waals surface area contributed by atoms with Crippen molar-refractivity contribution in [2.45, 2.75) is 45.3 Å². The number of aromatic nitrogens is 2. The molecule has 138 valence electrons. The van der Waals surface area contributed by atoms with Crippen LogP contribution in [-0.4, -0.2) is 53.9 Å². The Labute approximate surface area is 151 Å². The molecular weight excluding hydrogens is 348 g/mol. The summed E-state index contributed by atoms with van der Waals surface area (Å²) in [6, 6.07) is 1.59. The summed E-state index contributed by atoms with van der Waals surface area (Å²) < 4.78 is 9.94. The summed E-state index contributed by atoms with van der Waals surface area (Å²) in [4.78, 5) is 33.5. The number of halogens is 1. The van der Waals surface area contributed by atoms with Gasteiger partial charge in [-0.1, -0.05) is 0 Å². The van der Waals surface area contributed by atoms with Crippen LogP contribution in [0.4, 0.5) is 10.6 Å². The molecule has 1 saturated heterocycles. The maximum Gasteiger partial charge on any atom is 0.407 e. The number of alkyl carbamates (subject to hydrolysis) is 1. The molecule has 0 radical (unpaired) electrons. The lowest BCUT2D eigenvalue weighted by atomic mass is 10.1. The molecular formula is C16H23ClN4O4. The number of hydrogen-bond donors (Lipinski definition) is 1. The number of anilines is 1.